The van der Waals surface area contributed by atoms with Gasteiger partial charge in [-0.05, 0) is 48.7 Å². The SMILES string of the molecule is Cc1cc(C#N)cc(C)c1OCCc1cccnc1. The van der Waals surface area contributed by atoms with Crippen LogP contribution >= 0.6 is 0 Å². The minimum absolute atomic E-state index is 0.610. The van der Waals surface area contributed by atoms with Crippen molar-refractivity contribution in [2.75, 3.05) is 6.61 Å². The van der Waals surface area contributed by atoms with Crippen LogP contribution in [0, 0.1) is 25.2 Å². The van der Waals surface area contributed by atoms with E-state index in [2.05, 4.69) is 11.1 Å². The first-order chi connectivity index (χ1) is 9.20. The van der Waals surface area contributed by atoms with Crippen molar-refractivity contribution in [2.24, 2.45) is 0 Å². The van der Waals surface area contributed by atoms with Crippen LogP contribution in [0.4, 0.5) is 0 Å². The highest BCUT2D eigenvalue weighted by molar-refractivity contribution is 5.47. The summed E-state index contributed by atoms with van der Waals surface area (Å²) in [6.07, 6.45) is 4.44. The third-order valence-electron chi connectivity index (χ3n) is 2.95. The van der Waals surface area contributed by atoms with E-state index in [1.54, 1.807) is 6.20 Å². The lowest BCUT2D eigenvalue weighted by Gasteiger charge is -2.12. The lowest BCUT2D eigenvalue weighted by atomic mass is 10.1. The molecule has 3 nitrogen and oxygen atoms in total. The van der Waals surface area contributed by atoms with Crippen molar-refractivity contribution in [1.29, 1.82) is 5.26 Å². The number of rotatable bonds is 4. The van der Waals surface area contributed by atoms with Gasteiger partial charge < -0.3 is 4.74 Å². The first-order valence-corrected chi connectivity index (χ1v) is 6.24. The molecule has 1 aromatic carbocycles. The van der Waals surface area contributed by atoms with Gasteiger partial charge in [-0.15, -0.1) is 0 Å². The van der Waals surface area contributed by atoms with Crippen LogP contribution in [0.25, 0.3) is 0 Å². The summed E-state index contributed by atoms with van der Waals surface area (Å²) in [6.45, 7) is 4.54. The molecule has 2 aromatic rings. The first-order valence-electron chi connectivity index (χ1n) is 6.24. The minimum atomic E-state index is 0.610. The van der Waals surface area contributed by atoms with E-state index >= 15 is 0 Å². The summed E-state index contributed by atoms with van der Waals surface area (Å²) in [5.74, 6) is 0.878. The van der Waals surface area contributed by atoms with Crippen molar-refractivity contribution in [3.8, 4) is 11.8 Å². The maximum absolute atomic E-state index is 8.90. The van der Waals surface area contributed by atoms with Crippen LogP contribution in [-0.4, -0.2) is 11.6 Å². The topological polar surface area (TPSA) is 45.9 Å². The Hall–Kier alpha value is -2.34. The molecule has 0 fully saturated rings. The van der Waals surface area contributed by atoms with E-state index in [-0.39, 0.29) is 0 Å². The number of aryl methyl sites for hydroxylation is 2. The lowest BCUT2D eigenvalue weighted by Crippen LogP contribution is -2.04. The molecule has 0 aliphatic rings. The Balaban J connectivity index is 2.02. The maximum atomic E-state index is 8.90. The van der Waals surface area contributed by atoms with Gasteiger partial charge in [0.25, 0.3) is 0 Å². The molecule has 0 aliphatic carbocycles. The molecule has 0 atom stereocenters. The molecule has 0 unspecified atom stereocenters. The van der Waals surface area contributed by atoms with Gasteiger partial charge in [0, 0.05) is 18.8 Å². The zero-order valence-electron chi connectivity index (χ0n) is 11.2. The molecular formula is C16H16N2O. The summed E-state index contributed by atoms with van der Waals surface area (Å²) in [5.41, 5.74) is 3.84. The predicted molar refractivity (Wildman–Crippen MR) is 74.1 cm³/mol. The highest BCUT2D eigenvalue weighted by Gasteiger charge is 2.06. The number of aromatic nitrogens is 1. The quantitative estimate of drug-likeness (QED) is 0.839. The van der Waals surface area contributed by atoms with Crippen molar-refractivity contribution in [2.45, 2.75) is 20.3 Å². The zero-order valence-corrected chi connectivity index (χ0v) is 11.2. The molecule has 1 heterocycles. The van der Waals surface area contributed by atoms with Gasteiger partial charge in [-0.25, -0.2) is 0 Å². The van der Waals surface area contributed by atoms with E-state index in [1.807, 2.05) is 44.3 Å². The number of ether oxygens (including phenoxy) is 1. The molecule has 96 valence electrons. The standard InChI is InChI=1S/C16H16N2O/c1-12-8-15(10-17)9-13(2)16(12)19-7-5-14-4-3-6-18-11-14/h3-4,6,8-9,11H,5,7H2,1-2H3. The van der Waals surface area contributed by atoms with Gasteiger partial charge in [0.1, 0.15) is 5.75 Å². The normalized spacial score (nSPS) is 9.95. The van der Waals surface area contributed by atoms with Crippen LogP contribution in [0.3, 0.4) is 0 Å². The third-order valence-corrected chi connectivity index (χ3v) is 2.95. The molecule has 19 heavy (non-hydrogen) atoms. The van der Waals surface area contributed by atoms with Gasteiger partial charge in [0.05, 0.1) is 18.2 Å². The van der Waals surface area contributed by atoms with Crippen molar-refractivity contribution in [1.82, 2.24) is 4.98 Å². The average Bonchev–Trinajstić information content (AvgIpc) is 2.42. The van der Waals surface area contributed by atoms with E-state index in [1.165, 1.54) is 0 Å². The number of hydrogen-bond donors (Lipinski definition) is 0. The largest absolute Gasteiger partial charge is 0.493 e. The fraction of sp³-hybridized carbons (Fsp3) is 0.250. The van der Waals surface area contributed by atoms with Gasteiger partial charge in [-0.1, -0.05) is 6.07 Å². The molecule has 0 saturated heterocycles. The van der Waals surface area contributed by atoms with Crippen LogP contribution in [0.1, 0.15) is 22.3 Å². The molecule has 1 aromatic heterocycles. The highest BCUT2D eigenvalue weighted by atomic mass is 16.5. The van der Waals surface area contributed by atoms with Crippen molar-refractivity contribution in [3.05, 3.63) is 58.9 Å². The van der Waals surface area contributed by atoms with Gasteiger partial charge >= 0.3 is 0 Å². The smallest absolute Gasteiger partial charge is 0.125 e. The Morgan fingerprint density at radius 1 is 1.26 bits per heavy atom. The van der Waals surface area contributed by atoms with Crippen LogP contribution in [-0.2, 0) is 6.42 Å². The zero-order chi connectivity index (χ0) is 13.7. The van der Waals surface area contributed by atoms with Gasteiger partial charge in [0.2, 0.25) is 0 Å². The van der Waals surface area contributed by atoms with Crippen molar-refractivity contribution in [3.63, 3.8) is 0 Å². The van der Waals surface area contributed by atoms with Crippen LogP contribution in [0.5, 0.6) is 5.75 Å². The van der Waals surface area contributed by atoms with Crippen LogP contribution in [0.2, 0.25) is 0 Å². The molecule has 0 radical (unpaired) electrons. The van der Waals surface area contributed by atoms with Crippen molar-refractivity contribution < 1.29 is 4.74 Å². The van der Waals surface area contributed by atoms with E-state index in [0.29, 0.717) is 12.2 Å². The Labute approximate surface area is 113 Å². The Kier molecular flexibility index (Phi) is 4.15. The second kappa shape index (κ2) is 6.01. The summed E-state index contributed by atoms with van der Waals surface area (Å²) in [5, 5.41) is 8.90. The number of benzene rings is 1. The monoisotopic (exact) mass is 252 g/mol. The van der Waals surface area contributed by atoms with Crippen LogP contribution < -0.4 is 4.74 Å². The van der Waals surface area contributed by atoms with Gasteiger partial charge in [-0.2, -0.15) is 5.26 Å². The second-order valence-corrected chi connectivity index (χ2v) is 4.51. The second-order valence-electron chi connectivity index (χ2n) is 4.51. The van der Waals surface area contributed by atoms with E-state index in [4.69, 9.17) is 10.00 Å². The lowest BCUT2D eigenvalue weighted by molar-refractivity contribution is 0.317. The fourth-order valence-electron chi connectivity index (χ4n) is 2.06. The number of nitrogens with zero attached hydrogens (tertiary/aromatic N) is 2. The molecule has 0 N–H and O–H groups in total. The predicted octanol–water partition coefficient (Wildman–Crippen LogP) is 3.19. The number of pyridine rings is 1. The average molecular weight is 252 g/mol. The number of nitriles is 1. The first kappa shape index (κ1) is 13.1. The van der Waals surface area contributed by atoms with Crippen LogP contribution in [0.15, 0.2) is 36.7 Å². The Morgan fingerprint density at radius 3 is 2.58 bits per heavy atom. The molecule has 0 amide bonds. The Bertz CT molecular complexity index is 577. The summed E-state index contributed by atoms with van der Waals surface area (Å²) in [6, 6.07) is 9.82. The molecular weight excluding hydrogens is 236 g/mol. The molecule has 2 rings (SSSR count). The van der Waals surface area contributed by atoms with Gasteiger partial charge in [0.15, 0.2) is 0 Å². The summed E-state index contributed by atoms with van der Waals surface area (Å²) in [4.78, 5) is 4.08. The molecule has 0 bridgehead atoms. The summed E-state index contributed by atoms with van der Waals surface area (Å²) in [7, 11) is 0. The van der Waals surface area contributed by atoms with E-state index in [0.717, 1.165) is 28.9 Å². The van der Waals surface area contributed by atoms with Crippen molar-refractivity contribution >= 4 is 0 Å². The maximum Gasteiger partial charge on any atom is 0.125 e. The third kappa shape index (κ3) is 3.32. The molecule has 3 heteroatoms. The summed E-state index contributed by atoms with van der Waals surface area (Å²) >= 11 is 0. The molecule has 0 aliphatic heterocycles. The minimum Gasteiger partial charge on any atom is -0.493 e. The Morgan fingerprint density at radius 2 is 2.00 bits per heavy atom. The summed E-state index contributed by atoms with van der Waals surface area (Å²) < 4.78 is 5.83. The van der Waals surface area contributed by atoms with E-state index in [9.17, 15) is 0 Å². The highest BCUT2D eigenvalue weighted by Crippen LogP contribution is 2.24. The molecule has 0 spiro atoms. The van der Waals surface area contributed by atoms with Gasteiger partial charge in [-0.3, -0.25) is 4.98 Å². The number of hydrogen-bond acceptors (Lipinski definition) is 3. The fourth-order valence-corrected chi connectivity index (χ4v) is 2.06. The molecule has 0 saturated carbocycles. The van der Waals surface area contributed by atoms with E-state index < -0.39 is 0 Å².